The Morgan fingerprint density at radius 2 is 2.38 bits per heavy atom. The molecule has 2 heterocycles. The standard InChI is InChI=1S/C7H7N3O2.Na/c11-7(12)4-1-2-8-6-5(4)3-9-10-6;/h1-3,5-6,10H,(H,11,12);/q;+1/p-1. The van der Waals surface area contributed by atoms with E-state index < -0.39 is 5.97 Å². The summed E-state index contributed by atoms with van der Waals surface area (Å²) in [4.78, 5) is 14.6. The van der Waals surface area contributed by atoms with E-state index in [-0.39, 0.29) is 47.2 Å². The van der Waals surface area contributed by atoms with Crippen LogP contribution in [0, 0.1) is 5.92 Å². The molecule has 2 rings (SSSR count). The van der Waals surface area contributed by atoms with Gasteiger partial charge in [0.25, 0.3) is 0 Å². The Morgan fingerprint density at radius 1 is 1.62 bits per heavy atom. The second-order valence-electron chi connectivity index (χ2n) is 2.59. The number of dihydropyridines is 1. The van der Waals surface area contributed by atoms with Crippen molar-refractivity contribution in [2.45, 2.75) is 6.17 Å². The summed E-state index contributed by atoms with van der Waals surface area (Å²) in [5, 5.41) is 14.3. The number of aliphatic imine (C=N–C) groups is 1. The zero-order valence-electron chi connectivity index (χ0n) is 7.10. The van der Waals surface area contributed by atoms with E-state index >= 15 is 0 Å². The van der Waals surface area contributed by atoms with Crippen LogP contribution in [-0.2, 0) is 4.79 Å². The van der Waals surface area contributed by atoms with Crippen LogP contribution in [0.2, 0.25) is 0 Å². The van der Waals surface area contributed by atoms with Crippen LogP contribution in [0.3, 0.4) is 0 Å². The number of hydrogen-bond acceptors (Lipinski definition) is 5. The molecule has 5 nitrogen and oxygen atoms in total. The molecule has 0 radical (unpaired) electrons. The molecule has 0 saturated carbocycles. The Morgan fingerprint density at radius 3 is 3.08 bits per heavy atom. The third-order valence-corrected chi connectivity index (χ3v) is 1.88. The fourth-order valence-electron chi connectivity index (χ4n) is 1.27. The van der Waals surface area contributed by atoms with Crippen LogP contribution < -0.4 is 40.1 Å². The van der Waals surface area contributed by atoms with E-state index in [1.165, 1.54) is 18.5 Å². The maximum absolute atomic E-state index is 10.6. The summed E-state index contributed by atoms with van der Waals surface area (Å²) in [7, 11) is 0. The Bertz CT molecular complexity index is 311. The van der Waals surface area contributed by atoms with Crippen LogP contribution in [0.4, 0.5) is 0 Å². The van der Waals surface area contributed by atoms with Gasteiger partial charge in [0.2, 0.25) is 0 Å². The molecular formula is C7H6N3NaO2. The van der Waals surface area contributed by atoms with Crippen molar-refractivity contribution in [1.29, 1.82) is 0 Å². The van der Waals surface area contributed by atoms with Gasteiger partial charge >= 0.3 is 29.6 Å². The Kier molecular flexibility index (Phi) is 3.24. The Labute approximate surface area is 96.9 Å². The van der Waals surface area contributed by atoms with E-state index in [9.17, 15) is 9.90 Å². The van der Waals surface area contributed by atoms with Gasteiger partial charge in [-0.15, -0.1) is 0 Å². The largest absolute Gasteiger partial charge is 1.00 e. The number of nitrogens with one attached hydrogen (secondary N) is 1. The fraction of sp³-hybridized carbons (Fsp3) is 0.286. The minimum absolute atomic E-state index is 0. The summed E-state index contributed by atoms with van der Waals surface area (Å²) in [6, 6.07) is 0. The monoisotopic (exact) mass is 187 g/mol. The van der Waals surface area contributed by atoms with Gasteiger partial charge in [0.05, 0.1) is 11.9 Å². The summed E-state index contributed by atoms with van der Waals surface area (Å²) in [6.45, 7) is 0. The van der Waals surface area contributed by atoms with Crippen LogP contribution in [0.15, 0.2) is 21.7 Å². The predicted octanol–water partition coefficient (Wildman–Crippen LogP) is -4.72. The number of allylic oxidation sites excluding steroid dienone is 1. The second-order valence-corrected chi connectivity index (χ2v) is 2.59. The third kappa shape index (κ3) is 1.82. The van der Waals surface area contributed by atoms with Gasteiger partial charge < -0.3 is 9.90 Å². The van der Waals surface area contributed by atoms with E-state index in [0.717, 1.165) is 0 Å². The molecule has 2 aliphatic rings. The van der Waals surface area contributed by atoms with Crippen molar-refractivity contribution in [1.82, 2.24) is 5.43 Å². The molecule has 0 aliphatic carbocycles. The van der Waals surface area contributed by atoms with E-state index in [4.69, 9.17) is 0 Å². The third-order valence-electron chi connectivity index (χ3n) is 1.88. The van der Waals surface area contributed by atoms with Crippen LogP contribution in [0.1, 0.15) is 0 Å². The van der Waals surface area contributed by atoms with E-state index in [0.29, 0.717) is 0 Å². The molecule has 0 aromatic rings. The first-order valence-corrected chi connectivity index (χ1v) is 3.52. The summed E-state index contributed by atoms with van der Waals surface area (Å²) in [6.07, 6.45) is 4.16. The first-order valence-electron chi connectivity index (χ1n) is 3.52. The van der Waals surface area contributed by atoms with Crippen LogP contribution in [0.5, 0.6) is 0 Å². The number of carbonyl (C=O) groups is 1. The SMILES string of the molecule is O=C([O-])C1=CC=NC2NN=CC12.[Na+]. The van der Waals surface area contributed by atoms with E-state index in [1.54, 1.807) is 0 Å². The van der Waals surface area contributed by atoms with E-state index in [1.807, 2.05) is 0 Å². The summed E-state index contributed by atoms with van der Waals surface area (Å²) in [5.41, 5.74) is 2.91. The number of hydrogen-bond donors (Lipinski definition) is 1. The summed E-state index contributed by atoms with van der Waals surface area (Å²) < 4.78 is 0. The van der Waals surface area contributed by atoms with Crippen LogP contribution >= 0.6 is 0 Å². The molecule has 0 spiro atoms. The zero-order chi connectivity index (χ0) is 8.55. The predicted molar refractivity (Wildman–Crippen MR) is 40.5 cm³/mol. The van der Waals surface area contributed by atoms with Gasteiger partial charge in [-0.05, 0) is 11.6 Å². The number of carbonyl (C=O) groups excluding carboxylic acids is 1. The van der Waals surface area contributed by atoms with E-state index in [2.05, 4.69) is 15.5 Å². The van der Waals surface area contributed by atoms with Gasteiger partial charge in [0.15, 0.2) is 0 Å². The van der Waals surface area contributed by atoms with Gasteiger partial charge in [0.1, 0.15) is 6.17 Å². The van der Waals surface area contributed by atoms with Crippen molar-refractivity contribution >= 4 is 18.4 Å². The smallest absolute Gasteiger partial charge is 0.545 e. The van der Waals surface area contributed by atoms with Crippen molar-refractivity contribution in [2.75, 3.05) is 0 Å². The Hall–Kier alpha value is -0.650. The minimum atomic E-state index is -1.16. The molecule has 6 heteroatoms. The first kappa shape index (κ1) is 10.4. The number of hydrazone groups is 1. The quantitative estimate of drug-likeness (QED) is 0.419. The molecule has 0 amide bonds. The van der Waals surface area contributed by atoms with Crippen molar-refractivity contribution in [2.24, 2.45) is 16.0 Å². The molecular weight excluding hydrogens is 181 g/mol. The number of nitrogens with zero attached hydrogens (tertiary/aromatic N) is 2. The van der Waals surface area contributed by atoms with Gasteiger partial charge in [-0.1, -0.05) is 0 Å². The zero-order valence-corrected chi connectivity index (χ0v) is 9.10. The normalized spacial score (nSPS) is 28.5. The summed E-state index contributed by atoms with van der Waals surface area (Å²) >= 11 is 0. The molecule has 0 aromatic heterocycles. The first-order chi connectivity index (χ1) is 5.79. The van der Waals surface area contributed by atoms with Crippen molar-refractivity contribution in [3.63, 3.8) is 0 Å². The molecule has 2 atom stereocenters. The fourth-order valence-corrected chi connectivity index (χ4v) is 1.27. The molecule has 1 N–H and O–H groups in total. The summed E-state index contributed by atoms with van der Waals surface area (Å²) in [5.74, 6) is -1.44. The van der Waals surface area contributed by atoms with Gasteiger partial charge in [-0.3, -0.25) is 10.4 Å². The van der Waals surface area contributed by atoms with Crippen molar-refractivity contribution in [3.8, 4) is 0 Å². The Balaban J connectivity index is 0.000000845. The van der Waals surface area contributed by atoms with Gasteiger partial charge in [0, 0.05) is 12.4 Å². The molecule has 0 fully saturated rings. The van der Waals surface area contributed by atoms with Crippen LogP contribution in [0.25, 0.3) is 0 Å². The molecule has 2 unspecified atom stereocenters. The number of fused-ring (bicyclic) bond motifs is 1. The number of rotatable bonds is 1. The van der Waals surface area contributed by atoms with Crippen molar-refractivity contribution in [3.05, 3.63) is 11.6 Å². The number of carboxylic acids is 1. The number of aliphatic carboxylic acids is 1. The van der Waals surface area contributed by atoms with Crippen molar-refractivity contribution < 1.29 is 39.5 Å². The number of carboxylic acid groups (broad SMARTS) is 1. The van der Waals surface area contributed by atoms with Gasteiger partial charge in [-0.25, -0.2) is 0 Å². The second kappa shape index (κ2) is 4.04. The molecule has 62 valence electrons. The average Bonchev–Trinajstić information content (AvgIpc) is 2.49. The molecule has 0 aromatic carbocycles. The molecule has 13 heavy (non-hydrogen) atoms. The topological polar surface area (TPSA) is 76.9 Å². The average molecular weight is 187 g/mol. The maximum atomic E-state index is 10.6. The minimum Gasteiger partial charge on any atom is -0.545 e. The molecule has 0 bridgehead atoms. The van der Waals surface area contributed by atoms with Gasteiger partial charge in [-0.2, -0.15) is 5.10 Å². The molecule has 0 saturated heterocycles. The maximum Gasteiger partial charge on any atom is 1.00 e. The molecule has 2 aliphatic heterocycles. The van der Waals surface area contributed by atoms with Crippen LogP contribution in [-0.4, -0.2) is 24.6 Å².